The van der Waals surface area contributed by atoms with E-state index in [2.05, 4.69) is 208 Å². The van der Waals surface area contributed by atoms with Crippen LogP contribution in [-0.4, -0.2) is 9.97 Å². The van der Waals surface area contributed by atoms with Crippen LogP contribution in [0.15, 0.2) is 194 Å². The third kappa shape index (κ3) is 5.56. The lowest BCUT2D eigenvalue weighted by atomic mass is 9.81. The zero-order valence-electron chi connectivity index (χ0n) is 31.9. The van der Waals surface area contributed by atoms with Gasteiger partial charge in [-0.05, 0) is 107 Å². The van der Waals surface area contributed by atoms with Gasteiger partial charge in [-0.15, -0.1) is 0 Å². The third-order valence-electron chi connectivity index (χ3n) is 12.1. The van der Waals surface area contributed by atoms with E-state index in [4.69, 9.17) is 9.97 Å². The zero-order chi connectivity index (χ0) is 38.1. The molecule has 0 unspecified atom stereocenters. The maximum absolute atomic E-state index is 5.22. The summed E-state index contributed by atoms with van der Waals surface area (Å²) in [6, 6.07) is 70.2. The van der Waals surface area contributed by atoms with Crippen LogP contribution in [0.4, 0.5) is 0 Å². The second-order valence-electron chi connectivity index (χ2n) is 15.8. The van der Waals surface area contributed by atoms with Crippen molar-refractivity contribution in [2.45, 2.75) is 19.3 Å². The summed E-state index contributed by atoms with van der Waals surface area (Å²) in [5, 5.41) is 7.36. The molecule has 0 saturated carbocycles. The van der Waals surface area contributed by atoms with Gasteiger partial charge in [0.25, 0.3) is 0 Å². The Bertz CT molecular complexity index is 3110. The summed E-state index contributed by atoms with van der Waals surface area (Å²) in [6.45, 7) is 4.73. The molecule has 0 spiro atoms. The summed E-state index contributed by atoms with van der Waals surface area (Å²) in [6.07, 6.45) is 0. The quantitative estimate of drug-likeness (QED) is 0.176. The first-order valence-corrected chi connectivity index (χ1v) is 19.7. The first kappa shape index (κ1) is 33.2. The van der Waals surface area contributed by atoms with Crippen molar-refractivity contribution < 1.29 is 0 Å². The molecular formula is C55H38N2. The highest BCUT2D eigenvalue weighted by molar-refractivity contribution is 6.01. The molecule has 9 aromatic carbocycles. The maximum Gasteiger partial charge on any atom is 0.160 e. The van der Waals surface area contributed by atoms with Crippen LogP contribution in [0.25, 0.3) is 99.6 Å². The van der Waals surface area contributed by atoms with Gasteiger partial charge in [0, 0.05) is 22.1 Å². The molecule has 10 aromatic rings. The molecule has 0 N–H and O–H groups in total. The summed E-state index contributed by atoms with van der Waals surface area (Å²) >= 11 is 0. The van der Waals surface area contributed by atoms with Crippen molar-refractivity contribution in [3.05, 3.63) is 205 Å². The topological polar surface area (TPSA) is 25.8 Å². The fourth-order valence-electron chi connectivity index (χ4n) is 9.04. The third-order valence-corrected chi connectivity index (χ3v) is 12.1. The van der Waals surface area contributed by atoms with E-state index in [0.29, 0.717) is 5.82 Å². The minimum atomic E-state index is -0.103. The van der Waals surface area contributed by atoms with Crippen molar-refractivity contribution >= 4 is 32.3 Å². The molecule has 0 bridgehead atoms. The van der Waals surface area contributed by atoms with E-state index < -0.39 is 0 Å². The van der Waals surface area contributed by atoms with Gasteiger partial charge in [-0.3, -0.25) is 0 Å². The summed E-state index contributed by atoms with van der Waals surface area (Å²) in [5.74, 6) is 0.704. The van der Waals surface area contributed by atoms with E-state index in [1.807, 2.05) is 0 Å². The monoisotopic (exact) mass is 726 g/mol. The van der Waals surface area contributed by atoms with Crippen LogP contribution in [0.3, 0.4) is 0 Å². The highest BCUT2D eigenvalue weighted by Gasteiger charge is 2.37. The Hall–Kier alpha value is -7.16. The molecule has 0 saturated heterocycles. The van der Waals surface area contributed by atoms with Gasteiger partial charge in [-0.1, -0.05) is 178 Å². The number of benzene rings is 9. The van der Waals surface area contributed by atoms with Crippen molar-refractivity contribution in [3.8, 4) is 67.3 Å². The van der Waals surface area contributed by atoms with E-state index in [1.165, 1.54) is 71.3 Å². The molecule has 0 atom stereocenters. The Balaban J connectivity index is 1.02. The average Bonchev–Trinajstić information content (AvgIpc) is 3.50. The predicted molar refractivity (Wildman–Crippen MR) is 239 cm³/mol. The molecule has 57 heavy (non-hydrogen) atoms. The van der Waals surface area contributed by atoms with Gasteiger partial charge in [-0.2, -0.15) is 0 Å². The van der Waals surface area contributed by atoms with Gasteiger partial charge in [0.15, 0.2) is 5.82 Å². The molecule has 1 aromatic heterocycles. The van der Waals surface area contributed by atoms with E-state index in [-0.39, 0.29) is 5.41 Å². The second-order valence-corrected chi connectivity index (χ2v) is 15.8. The van der Waals surface area contributed by atoms with Gasteiger partial charge >= 0.3 is 0 Å². The van der Waals surface area contributed by atoms with Crippen LogP contribution in [0.2, 0.25) is 0 Å². The Labute approximate surface area is 332 Å². The van der Waals surface area contributed by atoms with Crippen molar-refractivity contribution in [2.75, 3.05) is 0 Å². The van der Waals surface area contributed by atoms with Gasteiger partial charge in [0.2, 0.25) is 0 Å². The molecule has 1 aliphatic carbocycles. The Morgan fingerprint density at radius 1 is 0.316 bits per heavy atom. The Morgan fingerprint density at radius 2 is 0.789 bits per heavy atom. The Kier molecular flexibility index (Phi) is 7.55. The second kappa shape index (κ2) is 13.0. The fourth-order valence-corrected chi connectivity index (χ4v) is 9.04. The summed E-state index contributed by atoms with van der Waals surface area (Å²) in [4.78, 5) is 10.4. The molecule has 0 radical (unpaired) electrons. The Morgan fingerprint density at radius 3 is 1.40 bits per heavy atom. The minimum Gasteiger partial charge on any atom is -0.228 e. The lowest BCUT2D eigenvalue weighted by Crippen LogP contribution is -2.14. The maximum atomic E-state index is 5.22. The summed E-state index contributed by atoms with van der Waals surface area (Å²) in [5.41, 5.74) is 15.1. The number of rotatable bonds is 5. The molecule has 1 heterocycles. The average molecular weight is 727 g/mol. The van der Waals surface area contributed by atoms with Gasteiger partial charge in [-0.25, -0.2) is 9.97 Å². The van der Waals surface area contributed by atoms with Crippen LogP contribution >= 0.6 is 0 Å². The lowest BCUT2D eigenvalue weighted by molar-refractivity contribution is 0.661. The summed E-state index contributed by atoms with van der Waals surface area (Å²) < 4.78 is 0. The first-order chi connectivity index (χ1) is 28.0. The molecule has 0 aliphatic heterocycles. The fraction of sp³-hybridized carbons (Fsp3) is 0.0545. The van der Waals surface area contributed by atoms with E-state index >= 15 is 0 Å². The molecule has 2 nitrogen and oxygen atoms in total. The first-order valence-electron chi connectivity index (χ1n) is 19.7. The molecule has 11 rings (SSSR count). The van der Waals surface area contributed by atoms with Crippen LogP contribution in [0, 0.1) is 0 Å². The predicted octanol–water partition coefficient (Wildman–Crippen LogP) is 14.6. The van der Waals surface area contributed by atoms with Crippen molar-refractivity contribution in [1.82, 2.24) is 9.97 Å². The van der Waals surface area contributed by atoms with Crippen molar-refractivity contribution in [2.24, 2.45) is 0 Å². The van der Waals surface area contributed by atoms with Crippen molar-refractivity contribution in [3.63, 3.8) is 0 Å². The minimum absolute atomic E-state index is 0.103. The number of hydrogen-bond acceptors (Lipinski definition) is 2. The van der Waals surface area contributed by atoms with Crippen LogP contribution in [-0.2, 0) is 5.41 Å². The van der Waals surface area contributed by atoms with Crippen LogP contribution in [0.5, 0.6) is 0 Å². The lowest BCUT2D eigenvalue weighted by Gasteiger charge is -2.22. The van der Waals surface area contributed by atoms with E-state index in [1.54, 1.807) is 0 Å². The van der Waals surface area contributed by atoms with E-state index in [0.717, 1.165) is 33.6 Å². The molecular weight excluding hydrogens is 689 g/mol. The molecule has 268 valence electrons. The SMILES string of the molecule is CC1(C)c2cc3ccccc3cc2-c2c(-c3ccccc3-c3ccc(-c4nc(-c5ccc6ccccc6c5)cc(-c5ccc6ccccc6c5)n4)cc3)cccc21. The smallest absolute Gasteiger partial charge is 0.160 e. The zero-order valence-corrected chi connectivity index (χ0v) is 31.9. The normalized spacial score (nSPS) is 12.9. The highest BCUT2D eigenvalue weighted by Crippen LogP contribution is 2.54. The molecule has 0 amide bonds. The number of fused-ring (bicyclic) bond motifs is 6. The molecule has 1 aliphatic rings. The largest absolute Gasteiger partial charge is 0.228 e. The number of aromatic nitrogens is 2. The van der Waals surface area contributed by atoms with Gasteiger partial charge in [0.1, 0.15) is 0 Å². The summed E-state index contributed by atoms with van der Waals surface area (Å²) in [7, 11) is 0. The van der Waals surface area contributed by atoms with Crippen molar-refractivity contribution in [1.29, 1.82) is 0 Å². The molecule has 2 heteroatoms. The highest BCUT2D eigenvalue weighted by atomic mass is 14.9. The van der Waals surface area contributed by atoms with Gasteiger partial charge in [0.05, 0.1) is 11.4 Å². The molecule has 0 fully saturated rings. The van der Waals surface area contributed by atoms with Crippen LogP contribution < -0.4 is 0 Å². The van der Waals surface area contributed by atoms with Crippen LogP contribution in [0.1, 0.15) is 25.0 Å². The number of nitrogens with zero attached hydrogens (tertiary/aromatic N) is 2. The standard InChI is InChI=1S/C55H38N2/c1-55(2)49-21-11-20-47(53(49)48-32-41-16-7-8-17-42(41)33-50(48)55)46-19-10-9-18-45(46)37-24-26-38(27-25-37)54-56-51(43-28-22-35-12-3-5-14-39(35)30-43)34-52(57-54)44-29-23-36-13-4-6-15-40(36)31-44/h3-34H,1-2H3. The van der Waals surface area contributed by atoms with E-state index in [9.17, 15) is 0 Å². The number of hydrogen-bond donors (Lipinski definition) is 0. The van der Waals surface area contributed by atoms with Gasteiger partial charge < -0.3 is 0 Å².